The van der Waals surface area contributed by atoms with E-state index in [2.05, 4.69) is 33.4 Å². The fraction of sp³-hybridized carbons (Fsp3) is 0.765. The smallest absolute Gasteiger partial charge is 0.0259 e. The van der Waals surface area contributed by atoms with Crippen molar-refractivity contribution in [2.24, 2.45) is 5.92 Å². The molecule has 0 aliphatic heterocycles. The van der Waals surface area contributed by atoms with Gasteiger partial charge in [-0.1, -0.05) is 64.2 Å². The van der Waals surface area contributed by atoms with E-state index in [1.807, 2.05) is 6.08 Å². The Hall–Kier alpha value is -0.520. The van der Waals surface area contributed by atoms with Gasteiger partial charge in [-0.15, -0.1) is 6.58 Å². The summed E-state index contributed by atoms with van der Waals surface area (Å²) >= 11 is 0. The minimum Gasteiger partial charge on any atom is -0.103 e. The van der Waals surface area contributed by atoms with Crippen LogP contribution in [0.5, 0.6) is 0 Å². The molecule has 0 bridgehead atoms. The number of allylic oxidation sites excluding steroid dienone is 3. The van der Waals surface area contributed by atoms with Gasteiger partial charge in [-0.3, -0.25) is 0 Å². The average molecular weight is 236 g/mol. The molecular formula is C17H32. The Balaban J connectivity index is 3.81. The van der Waals surface area contributed by atoms with E-state index in [-0.39, 0.29) is 0 Å². The van der Waals surface area contributed by atoms with E-state index in [1.165, 1.54) is 57.8 Å². The van der Waals surface area contributed by atoms with Gasteiger partial charge >= 0.3 is 0 Å². The van der Waals surface area contributed by atoms with Gasteiger partial charge in [-0.25, -0.2) is 0 Å². The summed E-state index contributed by atoms with van der Waals surface area (Å²) in [5, 5.41) is 0. The molecule has 0 nitrogen and oxygen atoms in total. The van der Waals surface area contributed by atoms with Crippen LogP contribution < -0.4 is 0 Å². The third-order valence-corrected chi connectivity index (χ3v) is 3.23. The van der Waals surface area contributed by atoms with Crippen molar-refractivity contribution < 1.29 is 0 Å². The molecule has 0 N–H and O–H groups in total. The minimum atomic E-state index is 0.770. The Morgan fingerprint density at radius 1 is 1.06 bits per heavy atom. The molecule has 1 atom stereocenters. The molecule has 0 rings (SSSR count). The van der Waals surface area contributed by atoms with Crippen molar-refractivity contribution in [1.82, 2.24) is 0 Å². The van der Waals surface area contributed by atoms with Crippen molar-refractivity contribution in [2.75, 3.05) is 0 Å². The van der Waals surface area contributed by atoms with Crippen LogP contribution in [0.1, 0.15) is 78.6 Å². The standard InChI is InChI=1S/C17H32/c1-5-8-9-10-11-14-16(4)15-17(12-6-2)13-7-3/h5,15-16H,1,6-14H2,2-4H3. The van der Waals surface area contributed by atoms with Gasteiger partial charge in [0.05, 0.1) is 0 Å². The van der Waals surface area contributed by atoms with E-state index >= 15 is 0 Å². The molecule has 0 aromatic heterocycles. The Labute approximate surface area is 109 Å². The van der Waals surface area contributed by atoms with Crippen molar-refractivity contribution in [2.45, 2.75) is 78.6 Å². The minimum absolute atomic E-state index is 0.770. The zero-order valence-electron chi connectivity index (χ0n) is 12.3. The molecule has 0 heteroatoms. The van der Waals surface area contributed by atoms with Gasteiger partial charge in [-0.2, -0.15) is 0 Å². The quantitative estimate of drug-likeness (QED) is 0.292. The van der Waals surface area contributed by atoms with Crippen LogP contribution in [0, 0.1) is 5.92 Å². The highest BCUT2D eigenvalue weighted by atomic mass is 14.1. The molecule has 0 aliphatic rings. The Kier molecular flexibility index (Phi) is 11.6. The highest BCUT2D eigenvalue weighted by molar-refractivity contribution is 5.03. The summed E-state index contributed by atoms with van der Waals surface area (Å²) in [6, 6.07) is 0. The maximum Gasteiger partial charge on any atom is -0.0259 e. The molecular weight excluding hydrogens is 204 g/mol. The van der Waals surface area contributed by atoms with E-state index < -0.39 is 0 Å². The fourth-order valence-corrected chi connectivity index (χ4v) is 2.35. The predicted octanol–water partition coefficient (Wildman–Crippen LogP) is 6.29. The third kappa shape index (κ3) is 10.4. The summed E-state index contributed by atoms with van der Waals surface area (Å²) in [5.74, 6) is 0.770. The Morgan fingerprint density at radius 2 is 1.71 bits per heavy atom. The second-order valence-corrected chi connectivity index (χ2v) is 5.23. The molecule has 0 saturated carbocycles. The van der Waals surface area contributed by atoms with Crippen molar-refractivity contribution in [1.29, 1.82) is 0 Å². The highest BCUT2D eigenvalue weighted by Crippen LogP contribution is 2.19. The summed E-state index contributed by atoms with van der Waals surface area (Å²) in [6.45, 7) is 10.7. The van der Waals surface area contributed by atoms with E-state index in [0.717, 1.165) is 5.92 Å². The van der Waals surface area contributed by atoms with Gasteiger partial charge in [0.1, 0.15) is 0 Å². The van der Waals surface area contributed by atoms with E-state index in [1.54, 1.807) is 5.57 Å². The van der Waals surface area contributed by atoms with Crippen LogP contribution in [-0.2, 0) is 0 Å². The van der Waals surface area contributed by atoms with Gasteiger partial charge in [0.15, 0.2) is 0 Å². The van der Waals surface area contributed by atoms with Crippen molar-refractivity contribution in [3.05, 3.63) is 24.3 Å². The van der Waals surface area contributed by atoms with Crippen LogP contribution >= 0.6 is 0 Å². The zero-order chi connectivity index (χ0) is 12.9. The fourth-order valence-electron chi connectivity index (χ4n) is 2.35. The lowest BCUT2D eigenvalue weighted by Gasteiger charge is -2.10. The predicted molar refractivity (Wildman–Crippen MR) is 80.3 cm³/mol. The van der Waals surface area contributed by atoms with E-state index in [9.17, 15) is 0 Å². The molecule has 0 amide bonds. The van der Waals surface area contributed by atoms with Crippen LogP contribution in [-0.4, -0.2) is 0 Å². The first kappa shape index (κ1) is 16.5. The molecule has 1 unspecified atom stereocenters. The summed E-state index contributed by atoms with van der Waals surface area (Å²) in [4.78, 5) is 0. The summed E-state index contributed by atoms with van der Waals surface area (Å²) in [6.07, 6.45) is 16.3. The second kappa shape index (κ2) is 12.0. The van der Waals surface area contributed by atoms with Crippen LogP contribution in [0.2, 0.25) is 0 Å². The summed E-state index contributed by atoms with van der Waals surface area (Å²) < 4.78 is 0. The molecule has 0 aromatic carbocycles. The monoisotopic (exact) mass is 236 g/mol. The molecule has 0 saturated heterocycles. The molecule has 17 heavy (non-hydrogen) atoms. The van der Waals surface area contributed by atoms with Crippen LogP contribution in [0.15, 0.2) is 24.3 Å². The zero-order valence-corrected chi connectivity index (χ0v) is 12.3. The summed E-state index contributed by atoms with van der Waals surface area (Å²) in [5.41, 5.74) is 1.69. The van der Waals surface area contributed by atoms with Crippen molar-refractivity contribution in [3.63, 3.8) is 0 Å². The number of hydrogen-bond acceptors (Lipinski definition) is 0. The van der Waals surface area contributed by atoms with Crippen molar-refractivity contribution >= 4 is 0 Å². The van der Waals surface area contributed by atoms with Gasteiger partial charge in [0.25, 0.3) is 0 Å². The van der Waals surface area contributed by atoms with Gasteiger partial charge in [0.2, 0.25) is 0 Å². The summed E-state index contributed by atoms with van der Waals surface area (Å²) in [7, 11) is 0. The normalized spacial score (nSPS) is 12.2. The van der Waals surface area contributed by atoms with Crippen LogP contribution in [0.4, 0.5) is 0 Å². The molecule has 0 aliphatic carbocycles. The number of unbranched alkanes of at least 4 members (excludes halogenated alkanes) is 3. The maximum absolute atomic E-state index is 3.76. The van der Waals surface area contributed by atoms with Gasteiger partial charge < -0.3 is 0 Å². The first-order chi connectivity index (χ1) is 8.24. The molecule has 0 fully saturated rings. The maximum atomic E-state index is 3.76. The third-order valence-electron chi connectivity index (χ3n) is 3.23. The molecule has 0 heterocycles. The van der Waals surface area contributed by atoms with E-state index in [0.29, 0.717) is 0 Å². The lowest BCUT2D eigenvalue weighted by atomic mass is 9.96. The van der Waals surface area contributed by atoms with Gasteiger partial charge in [0, 0.05) is 0 Å². The highest BCUT2D eigenvalue weighted by Gasteiger charge is 2.01. The second-order valence-electron chi connectivity index (χ2n) is 5.23. The lowest BCUT2D eigenvalue weighted by Crippen LogP contribution is -1.94. The van der Waals surface area contributed by atoms with Crippen LogP contribution in [0.3, 0.4) is 0 Å². The first-order valence-electron chi connectivity index (χ1n) is 7.55. The Bertz CT molecular complexity index is 192. The first-order valence-corrected chi connectivity index (χ1v) is 7.55. The lowest BCUT2D eigenvalue weighted by molar-refractivity contribution is 0.561. The molecule has 0 radical (unpaired) electrons. The molecule has 0 aromatic rings. The molecule has 0 spiro atoms. The molecule has 100 valence electrons. The number of rotatable bonds is 11. The number of hydrogen-bond donors (Lipinski definition) is 0. The average Bonchev–Trinajstić information content (AvgIpc) is 2.29. The van der Waals surface area contributed by atoms with E-state index in [4.69, 9.17) is 0 Å². The van der Waals surface area contributed by atoms with Gasteiger partial charge in [-0.05, 0) is 38.0 Å². The SMILES string of the molecule is C=CCCCCCC(C)C=C(CCC)CCC. The van der Waals surface area contributed by atoms with Crippen molar-refractivity contribution in [3.8, 4) is 0 Å². The topological polar surface area (TPSA) is 0 Å². The van der Waals surface area contributed by atoms with Crippen LogP contribution in [0.25, 0.3) is 0 Å². The Morgan fingerprint density at radius 3 is 2.24 bits per heavy atom. The largest absolute Gasteiger partial charge is 0.103 e.